The predicted molar refractivity (Wildman–Crippen MR) is 113 cm³/mol. The molecule has 28 heavy (non-hydrogen) atoms. The minimum atomic E-state index is -0.340. The molecule has 0 aliphatic heterocycles. The molecule has 1 atom stereocenters. The monoisotopic (exact) mass is 381 g/mol. The lowest BCUT2D eigenvalue weighted by Crippen LogP contribution is -2.25. The van der Waals surface area contributed by atoms with Gasteiger partial charge in [0, 0.05) is 6.08 Å². The van der Waals surface area contributed by atoms with Crippen molar-refractivity contribution in [2.24, 2.45) is 5.41 Å². The summed E-state index contributed by atoms with van der Waals surface area (Å²) in [5, 5.41) is 7.92. The van der Waals surface area contributed by atoms with Gasteiger partial charge in [0.25, 0.3) is 0 Å². The third kappa shape index (κ3) is 5.65. The molecule has 0 radical (unpaired) electrons. The van der Waals surface area contributed by atoms with E-state index in [2.05, 4.69) is 59.3 Å². The van der Waals surface area contributed by atoms with Crippen LogP contribution in [0.3, 0.4) is 0 Å². The SMILES string of the molecule is COC(=O)/C=C(C)/C=C/C=C(C)/C=C/C1=C(C)C(n2cnnc2)CCC1(C)C. The summed E-state index contributed by atoms with van der Waals surface area (Å²) in [6, 6.07) is 0.318. The maximum absolute atomic E-state index is 11.2. The summed E-state index contributed by atoms with van der Waals surface area (Å²) in [6.45, 7) is 10.8. The molecule has 0 fully saturated rings. The van der Waals surface area contributed by atoms with Gasteiger partial charge in [-0.1, -0.05) is 49.8 Å². The summed E-state index contributed by atoms with van der Waals surface area (Å²) in [5.74, 6) is -0.340. The molecule has 0 aromatic carbocycles. The Kier molecular flexibility index (Phi) is 7.32. The minimum Gasteiger partial charge on any atom is -0.466 e. The van der Waals surface area contributed by atoms with Gasteiger partial charge in [-0.05, 0) is 55.7 Å². The number of nitrogens with zero attached hydrogens (tertiary/aromatic N) is 3. The van der Waals surface area contributed by atoms with E-state index in [9.17, 15) is 4.79 Å². The fourth-order valence-corrected chi connectivity index (χ4v) is 3.58. The normalized spacial score (nSPS) is 21.0. The van der Waals surface area contributed by atoms with Crippen molar-refractivity contribution in [2.75, 3.05) is 7.11 Å². The standard InChI is InChI=1S/C23H31N3O2/c1-17(8-7-9-18(2)14-22(27)28-6)10-11-20-19(3)21(12-13-23(20,4)5)26-15-24-25-16-26/h7-11,14-16,21H,12-13H2,1-6H3/b9-7+,11-10+,17-8+,18-14+. The number of ether oxygens (including phenoxy) is 1. The topological polar surface area (TPSA) is 57.0 Å². The highest BCUT2D eigenvalue weighted by molar-refractivity contribution is 5.83. The lowest BCUT2D eigenvalue weighted by Gasteiger charge is -2.37. The van der Waals surface area contributed by atoms with Gasteiger partial charge in [0.1, 0.15) is 12.7 Å². The number of carbonyl (C=O) groups is 1. The molecule has 1 aliphatic carbocycles. The number of methoxy groups -OCH3 is 1. The highest BCUT2D eigenvalue weighted by atomic mass is 16.5. The Balaban J connectivity index is 2.18. The van der Waals surface area contributed by atoms with E-state index in [-0.39, 0.29) is 11.4 Å². The van der Waals surface area contributed by atoms with Crippen molar-refractivity contribution >= 4 is 5.97 Å². The van der Waals surface area contributed by atoms with Crippen LogP contribution in [0.5, 0.6) is 0 Å². The minimum absolute atomic E-state index is 0.140. The highest BCUT2D eigenvalue weighted by Gasteiger charge is 2.32. The van der Waals surface area contributed by atoms with E-state index in [0.717, 1.165) is 24.0 Å². The van der Waals surface area contributed by atoms with Gasteiger partial charge >= 0.3 is 5.97 Å². The van der Waals surface area contributed by atoms with Crippen molar-refractivity contribution in [3.8, 4) is 0 Å². The van der Waals surface area contributed by atoms with Gasteiger partial charge in [-0.2, -0.15) is 0 Å². The first-order chi connectivity index (χ1) is 13.2. The summed E-state index contributed by atoms with van der Waals surface area (Å²) < 4.78 is 6.73. The maximum Gasteiger partial charge on any atom is 0.330 e. The number of esters is 1. The Labute approximate surface area is 168 Å². The van der Waals surface area contributed by atoms with E-state index < -0.39 is 0 Å². The van der Waals surface area contributed by atoms with E-state index in [4.69, 9.17) is 0 Å². The molecule has 5 heteroatoms. The molecular weight excluding hydrogens is 350 g/mol. The van der Waals surface area contributed by atoms with Crippen molar-refractivity contribution in [1.29, 1.82) is 0 Å². The maximum atomic E-state index is 11.2. The van der Waals surface area contributed by atoms with Gasteiger partial charge in [-0.3, -0.25) is 0 Å². The van der Waals surface area contributed by atoms with Gasteiger partial charge in [0.2, 0.25) is 0 Å². The Hall–Kier alpha value is -2.69. The summed E-state index contributed by atoms with van der Waals surface area (Å²) in [6.07, 6.45) is 17.6. The van der Waals surface area contributed by atoms with E-state index in [1.165, 1.54) is 24.3 Å². The van der Waals surface area contributed by atoms with Crippen LogP contribution in [0.4, 0.5) is 0 Å². The predicted octanol–water partition coefficient (Wildman–Crippen LogP) is 5.13. The molecule has 0 amide bonds. The molecule has 0 saturated heterocycles. The molecule has 0 spiro atoms. The van der Waals surface area contributed by atoms with Gasteiger partial charge in [0.15, 0.2) is 0 Å². The zero-order valence-electron chi connectivity index (χ0n) is 17.8. The van der Waals surface area contributed by atoms with Gasteiger partial charge < -0.3 is 9.30 Å². The summed E-state index contributed by atoms with van der Waals surface area (Å²) in [4.78, 5) is 11.2. The lowest BCUT2D eigenvalue weighted by molar-refractivity contribution is -0.134. The highest BCUT2D eigenvalue weighted by Crippen LogP contribution is 2.45. The van der Waals surface area contributed by atoms with Crippen LogP contribution >= 0.6 is 0 Å². The summed E-state index contributed by atoms with van der Waals surface area (Å²) >= 11 is 0. The van der Waals surface area contributed by atoms with Crippen molar-refractivity contribution in [3.05, 3.63) is 71.4 Å². The fourth-order valence-electron chi connectivity index (χ4n) is 3.58. The van der Waals surface area contributed by atoms with E-state index >= 15 is 0 Å². The second kappa shape index (κ2) is 9.49. The van der Waals surface area contributed by atoms with Crippen LogP contribution in [-0.4, -0.2) is 27.8 Å². The molecule has 1 aromatic heterocycles. The van der Waals surface area contributed by atoms with Crippen LogP contribution in [0.25, 0.3) is 0 Å². The second-order valence-corrected chi connectivity index (χ2v) is 7.96. The Morgan fingerprint density at radius 1 is 1.21 bits per heavy atom. The number of rotatable bonds is 6. The van der Waals surface area contributed by atoms with Crippen LogP contribution in [0.15, 0.2) is 71.4 Å². The molecule has 1 heterocycles. The number of carbonyl (C=O) groups excluding carboxylic acids is 1. The number of hydrogen-bond donors (Lipinski definition) is 0. The zero-order valence-corrected chi connectivity index (χ0v) is 17.8. The fraction of sp³-hybridized carbons (Fsp3) is 0.435. The first kappa shape index (κ1) is 21.6. The zero-order chi connectivity index (χ0) is 20.7. The molecular formula is C23H31N3O2. The molecule has 5 nitrogen and oxygen atoms in total. The van der Waals surface area contributed by atoms with Crippen LogP contribution < -0.4 is 0 Å². The number of aromatic nitrogens is 3. The third-order valence-electron chi connectivity index (χ3n) is 5.27. The Bertz CT molecular complexity index is 837. The second-order valence-electron chi connectivity index (χ2n) is 7.96. The van der Waals surface area contributed by atoms with Gasteiger partial charge in [0.05, 0.1) is 13.2 Å². The molecule has 1 aromatic rings. The molecule has 0 saturated carbocycles. The van der Waals surface area contributed by atoms with Crippen molar-refractivity contribution < 1.29 is 9.53 Å². The Morgan fingerprint density at radius 2 is 1.89 bits per heavy atom. The molecule has 1 aliphatic rings. The summed E-state index contributed by atoms with van der Waals surface area (Å²) in [7, 11) is 1.38. The van der Waals surface area contributed by atoms with Crippen molar-refractivity contribution in [3.63, 3.8) is 0 Å². The average molecular weight is 382 g/mol. The molecule has 0 bridgehead atoms. The quantitative estimate of drug-likeness (QED) is 0.389. The van der Waals surface area contributed by atoms with Gasteiger partial charge in [-0.15, -0.1) is 10.2 Å². The van der Waals surface area contributed by atoms with Crippen molar-refractivity contribution in [2.45, 2.75) is 53.5 Å². The van der Waals surface area contributed by atoms with Crippen molar-refractivity contribution in [1.82, 2.24) is 14.8 Å². The lowest BCUT2D eigenvalue weighted by atomic mass is 9.71. The largest absolute Gasteiger partial charge is 0.466 e. The molecule has 150 valence electrons. The van der Waals surface area contributed by atoms with E-state index in [1.54, 1.807) is 12.7 Å². The van der Waals surface area contributed by atoms with Crippen LogP contribution in [0.2, 0.25) is 0 Å². The van der Waals surface area contributed by atoms with Crippen LogP contribution in [0, 0.1) is 5.41 Å². The number of hydrogen-bond acceptors (Lipinski definition) is 4. The Morgan fingerprint density at radius 3 is 2.54 bits per heavy atom. The molecule has 1 unspecified atom stereocenters. The van der Waals surface area contributed by atoms with Crippen LogP contribution in [-0.2, 0) is 9.53 Å². The first-order valence-corrected chi connectivity index (χ1v) is 9.59. The van der Waals surface area contributed by atoms with Crippen LogP contribution in [0.1, 0.15) is 53.5 Å². The number of allylic oxidation sites excluding steroid dienone is 9. The first-order valence-electron chi connectivity index (χ1n) is 9.59. The average Bonchev–Trinajstić information content (AvgIpc) is 3.15. The van der Waals surface area contributed by atoms with E-state index in [0.29, 0.717) is 6.04 Å². The smallest absolute Gasteiger partial charge is 0.330 e. The molecule has 2 rings (SSSR count). The van der Waals surface area contributed by atoms with Gasteiger partial charge in [-0.25, -0.2) is 4.79 Å². The summed E-state index contributed by atoms with van der Waals surface area (Å²) in [5.41, 5.74) is 4.87. The third-order valence-corrected chi connectivity index (χ3v) is 5.27. The van der Waals surface area contributed by atoms with E-state index in [1.807, 2.05) is 25.2 Å². The molecule has 0 N–H and O–H groups in total.